The Morgan fingerprint density at radius 2 is 2.32 bits per heavy atom. The first-order valence-corrected chi connectivity index (χ1v) is 7.58. The summed E-state index contributed by atoms with van der Waals surface area (Å²) in [4.78, 5) is 29.3. The van der Waals surface area contributed by atoms with Crippen molar-refractivity contribution in [2.75, 3.05) is 5.75 Å². The maximum absolute atomic E-state index is 11.7. The van der Waals surface area contributed by atoms with Gasteiger partial charge in [0, 0.05) is 18.3 Å². The number of hydrogen-bond donors (Lipinski definition) is 2. The molecular weight excluding hydrogens is 262 g/mol. The second-order valence-electron chi connectivity index (χ2n) is 4.49. The molecule has 1 atom stereocenters. The molecule has 1 aromatic rings. The lowest BCUT2D eigenvalue weighted by atomic mass is 10.1. The zero-order chi connectivity index (χ0) is 14.1. The van der Waals surface area contributed by atoms with Crippen molar-refractivity contribution in [3.63, 3.8) is 0 Å². The Bertz CT molecular complexity index is 448. The summed E-state index contributed by atoms with van der Waals surface area (Å²) in [6.07, 6.45) is 5.96. The number of aromatic amines is 1. The Hall–Kier alpha value is -1.30. The fourth-order valence-corrected chi connectivity index (χ4v) is 2.31. The number of amides is 1. The van der Waals surface area contributed by atoms with Gasteiger partial charge >= 0.3 is 0 Å². The summed E-state index contributed by atoms with van der Waals surface area (Å²) in [6, 6.07) is 1.54. The van der Waals surface area contributed by atoms with E-state index in [1.807, 2.05) is 6.92 Å². The molecule has 5 nitrogen and oxygen atoms in total. The SMILES string of the molecule is CCCCC[C@@H](C)NC(=O)CSc1nccc(=O)[nH]1. The number of thioether (sulfide) groups is 1. The van der Waals surface area contributed by atoms with Gasteiger partial charge in [-0.25, -0.2) is 4.98 Å². The number of unbranched alkanes of at least 4 members (excludes halogenated alkanes) is 2. The van der Waals surface area contributed by atoms with Crippen molar-refractivity contribution in [1.29, 1.82) is 0 Å². The maximum Gasteiger partial charge on any atom is 0.251 e. The van der Waals surface area contributed by atoms with Crippen LogP contribution in [0.15, 0.2) is 22.2 Å². The van der Waals surface area contributed by atoms with Gasteiger partial charge < -0.3 is 10.3 Å². The second kappa shape index (κ2) is 8.74. The zero-order valence-corrected chi connectivity index (χ0v) is 12.3. The molecule has 1 aromatic heterocycles. The smallest absolute Gasteiger partial charge is 0.251 e. The molecule has 0 aliphatic heterocycles. The Balaban J connectivity index is 2.26. The lowest BCUT2D eigenvalue weighted by Crippen LogP contribution is -2.33. The fraction of sp³-hybridized carbons (Fsp3) is 0.615. The highest BCUT2D eigenvalue weighted by Crippen LogP contribution is 2.09. The monoisotopic (exact) mass is 283 g/mol. The van der Waals surface area contributed by atoms with Gasteiger partial charge in [-0.3, -0.25) is 9.59 Å². The molecule has 2 N–H and O–H groups in total. The van der Waals surface area contributed by atoms with Crippen LogP contribution in [0.25, 0.3) is 0 Å². The van der Waals surface area contributed by atoms with Gasteiger partial charge in [-0.1, -0.05) is 37.9 Å². The molecular formula is C13H21N3O2S. The summed E-state index contributed by atoms with van der Waals surface area (Å²) in [5.74, 6) is 0.242. The van der Waals surface area contributed by atoms with E-state index in [2.05, 4.69) is 22.2 Å². The first-order valence-electron chi connectivity index (χ1n) is 6.59. The molecule has 0 saturated carbocycles. The molecule has 106 valence electrons. The van der Waals surface area contributed by atoms with Gasteiger partial charge in [0.2, 0.25) is 5.91 Å². The predicted molar refractivity (Wildman–Crippen MR) is 77.3 cm³/mol. The van der Waals surface area contributed by atoms with E-state index in [0.717, 1.165) is 12.8 Å². The van der Waals surface area contributed by atoms with Crippen molar-refractivity contribution >= 4 is 17.7 Å². The molecule has 19 heavy (non-hydrogen) atoms. The zero-order valence-electron chi connectivity index (χ0n) is 11.4. The van der Waals surface area contributed by atoms with Crippen LogP contribution in [0.5, 0.6) is 0 Å². The average molecular weight is 283 g/mol. The molecule has 0 aliphatic rings. The lowest BCUT2D eigenvalue weighted by molar-refractivity contribution is -0.119. The summed E-state index contributed by atoms with van der Waals surface area (Å²) >= 11 is 1.23. The van der Waals surface area contributed by atoms with Crippen LogP contribution in [0, 0.1) is 0 Å². The van der Waals surface area contributed by atoms with Gasteiger partial charge in [0.1, 0.15) is 0 Å². The highest BCUT2D eigenvalue weighted by atomic mass is 32.2. The number of hydrogen-bond acceptors (Lipinski definition) is 4. The van der Waals surface area contributed by atoms with Crippen LogP contribution >= 0.6 is 11.8 Å². The molecule has 0 radical (unpaired) electrons. The molecule has 6 heteroatoms. The van der Waals surface area contributed by atoms with Gasteiger partial charge in [-0.05, 0) is 13.3 Å². The highest BCUT2D eigenvalue weighted by Gasteiger charge is 2.08. The molecule has 0 spiro atoms. The van der Waals surface area contributed by atoms with Gasteiger partial charge in [-0.2, -0.15) is 0 Å². The van der Waals surface area contributed by atoms with Gasteiger partial charge in [0.25, 0.3) is 5.56 Å². The summed E-state index contributed by atoms with van der Waals surface area (Å²) < 4.78 is 0. The van der Waals surface area contributed by atoms with E-state index in [9.17, 15) is 9.59 Å². The number of nitrogens with zero attached hydrogens (tertiary/aromatic N) is 1. The van der Waals surface area contributed by atoms with E-state index < -0.39 is 0 Å². The van der Waals surface area contributed by atoms with Crippen LogP contribution in [0.3, 0.4) is 0 Å². The van der Waals surface area contributed by atoms with Crippen LogP contribution in [0.2, 0.25) is 0 Å². The minimum Gasteiger partial charge on any atom is -0.353 e. The van der Waals surface area contributed by atoms with Crippen LogP contribution in [-0.4, -0.2) is 27.7 Å². The Kier molecular flexibility index (Phi) is 7.25. The third kappa shape index (κ3) is 7.00. The number of nitrogens with one attached hydrogen (secondary N) is 2. The number of aromatic nitrogens is 2. The Morgan fingerprint density at radius 3 is 3.00 bits per heavy atom. The Labute approximate surface area is 117 Å². The second-order valence-corrected chi connectivity index (χ2v) is 5.46. The van der Waals surface area contributed by atoms with Crippen LogP contribution < -0.4 is 10.9 Å². The van der Waals surface area contributed by atoms with E-state index in [1.165, 1.54) is 36.9 Å². The normalized spacial score (nSPS) is 12.1. The van der Waals surface area contributed by atoms with Crippen molar-refractivity contribution < 1.29 is 4.79 Å². The van der Waals surface area contributed by atoms with Crippen molar-refractivity contribution in [3.8, 4) is 0 Å². The van der Waals surface area contributed by atoms with Crippen LogP contribution in [-0.2, 0) is 4.79 Å². The largest absolute Gasteiger partial charge is 0.353 e. The average Bonchev–Trinajstić information content (AvgIpc) is 2.37. The van der Waals surface area contributed by atoms with Crippen molar-refractivity contribution in [2.45, 2.75) is 50.7 Å². The van der Waals surface area contributed by atoms with E-state index in [4.69, 9.17) is 0 Å². The van der Waals surface area contributed by atoms with E-state index in [1.54, 1.807) is 0 Å². The lowest BCUT2D eigenvalue weighted by Gasteiger charge is -2.13. The molecule has 0 saturated heterocycles. The standard InChI is InChI=1S/C13H21N3O2S/c1-3-4-5-6-10(2)15-12(18)9-19-13-14-8-7-11(17)16-13/h7-8,10H,3-6,9H2,1-2H3,(H,15,18)(H,14,16,17)/t10-/m1/s1. The molecule has 0 unspecified atom stereocenters. The predicted octanol–water partition coefficient (Wildman–Crippen LogP) is 1.95. The topological polar surface area (TPSA) is 74.8 Å². The number of carbonyl (C=O) groups excluding carboxylic acids is 1. The third-order valence-corrected chi connectivity index (χ3v) is 3.52. The molecule has 1 rings (SSSR count). The van der Waals surface area contributed by atoms with Crippen LogP contribution in [0.1, 0.15) is 39.5 Å². The Morgan fingerprint density at radius 1 is 1.53 bits per heavy atom. The molecule has 1 amide bonds. The van der Waals surface area contributed by atoms with Crippen molar-refractivity contribution in [1.82, 2.24) is 15.3 Å². The minimum atomic E-state index is -0.203. The minimum absolute atomic E-state index is 0.0273. The third-order valence-electron chi connectivity index (χ3n) is 2.64. The van der Waals surface area contributed by atoms with Gasteiger partial charge in [-0.15, -0.1) is 0 Å². The maximum atomic E-state index is 11.7. The molecule has 0 fully saturated rings. The molecule has 1 heterocycles. The number of H-pyrrole nitrogens is 1. The van der Waals surface area contributed by atoms with Crippen LogP contribution in [0.4, 0.5) is 0 Å². The summed E-state index contributed by atoms with van der Waals surface area (Å²) in [7, 11) is 0. The first kappa shape index (κ1) is 15.8. The molecule has 0 bridgehead atoms. The fourth-order valence-electron chi connectivity index (χ4n) is 1.65. The van der Waals surface area contributed by atoms with Crippen molar-refractivity contribution in [3.05, 3.63) is 22.6 Å². The first-order chi connectivity index (χ1) is 9.11. The number of carbonyl (C=O) groups is 1. The summed E-state index contributed by atoms with van der Waals surface area (Å²) in [5.41, 5.74) is -0.203. The highest BCUT2D eigenvalue weighted by molar-refractivity contribution is 7.99. The van der Waals surface area contributed by atoms with Gasteiger partial charge in [0.15, 0.2) is 5.16 Å². The van der Waals surface area contributed by atoms with Gasteiger partial charge in [0.05, 0.1) is 5.75 Å². The van der Waals surface area contributed by atoms with E-state index >= 15 is 0 Å². The number of rotatable bonds is 8. The summed E-state index contributed by atoms with van der Waals surface area (Å²) in [6.45, 7) is 4.17. The van der Waals surface area contributed by atoms with E-state index in [-0.39, 0.29) is 23.3 Å². The summed E-state index contributed by atoms with van der Waals surface area (Å²) in [5, 5.41) is 3.42. The quantitative estimate of drug-likeness (QED) is 0.434. The van der Waals surface area contributed by atoms with E-state index in [0.29, 0.717) is 5.16 Å². The van der Waals surface area contributed by atoms with Crippen molar-refractivity contribution in [2.24, 2.45) is 0 Å². The molecule has 0 aromatic carbocycles. The molecule has 0 aliphatic carbocycles.